The predicted molar refractivity (Wildman–Crippen MR) is 81.1 cm³/mol. The molecule has 1 N–H and O–H groups in total. The summed E-state index contributed by atoms with van der Waals surface area (Å²) in [6.45, 7) is 8.01. The molecule has 0 saturated heterocycles. The van der Waals surface area contributed by atoms with Gasteiger partial charge >= 0.3 is 0 Å². The van der Waals surface area contributed by atoms with Crippen LogP contribution in [0.2, 0.25) is 0 Å². The molecule has 0 radical (unpaired) electrons. The van der Waals surface area contributed by atoms with Crippen LogP contribution >= 0.6 is 11.3 Å². The molecule has 0 spiro atoms. The molecule has 5 heteroatoms. The minimum Gasteiger partial charge on any atom is -0.345 e. The maximum absolute atomic E-state index is 12.3. The van der Waals surface area contributed by atoms with E-state index in [1.807, 2.05) is 26.0 Å². The Morgan fingerprint density at radius 3 is 2.45 bits per heavy atom. The van der Waals surface area contributed by atoms with Crippen molar-refractivity contribution < 1.29 is 4.79 Å². The molecule has 0 aliphatic heterocycles. The lowest BCUT2D eigenvalue weighted by Gasteiger charge is -2.13. The van der Waals surface area contributed by atoms with E-state index in [2.05, 4.69) is 29.1 Å². The number of thiazole rings is 1. The van der Waals surface area contributed by atoms with Crippen LogP contribution in [0.1, 0.15) is 58.7 Å². The van der Waals surface area contributed by atoms with Crippen LogP contribution in [-0.2, 0) is 0 Å². The summed E-state index contributed by atoms with van der Waals surface area (Å²) in [7, 11) is 0. The number of carbonyl (C=O) groups excluding carboxylic acids is 1. The van der Waals surface area contributed by atoms with Gasteiger partial charge < -0.3 is 5.32 Å². The zero-order valence-corrected chi connectivity index (χ0v) is 13.0. The van der Waals surface area contributed by atoms with E-state index in [9.17, 15) is 4.79 Å². The first-order valence-corrected chi connectivity index (χ1v) is 7.48. The topological polar surface area (TPSA) is 54.9 Å². The molecule has 20 heavy (non-hydrogen) atoms. The average Bonchev–Trinajstić information content (AvgIpc) is 2.82. The molecule has 0 fully saturated rings. The third kappa shape index (κ3) is 3.22. The van der Waals surface area contributed by atoms with Crippen molar-refractivity contribution in [3.8, 4) is 0 Å². The molecule has 2 aromatic rings. The summed E-state index contributed by atoms with van der Waals surface area (Å²) in [5, 5.41) is 4.01. The highest BCUT2D eigenvalue weighted by atomic mass is 32.1. The summed E-state index contributed by atoms with van der Waals surface area (Å²) in [6.07, 6.45) is 3.46. The molecule has 1 atom stereocenters. The minimum atomic E-state index is -0.0591. The van der Waals surface area contributed by atoms with E-state index in [1.54, 1.807) is 12.4 Å². The van der Waals surface area contributed by atoms with Crippen molar-refractivity contribution in [1.29, 1.82) is 0 Å². The lowest BCUT2D eigenvalue weighted by atomic mass is 10.1. The van der Waals surface area contributed by atoms with Crippen molar-refractivity contribution in [3.05, 3.63) is 45.7 Å². The highest BCUT2D eigenvalue weighted by Gasteiger charge is 2.18. The zero-order valence-electron chi connectivity index (χ0n) is 12.2. The molecule has 0 unspecified atom stereocenters. The van der Waals surface area contributed by atoms with Crippen molar-refractivity contribution in [2.45, 2.75) is 39.7 Å². The van der Waals surface area contributed by atoms with Crippen LogP contribution < -0.4 is 5.32 Å². The summed E-state index contributed by atoms with van der Waals surface area (Å²) >= 11 is 1.48. The Morgan fingerprint density at radius 2 is 1.90 bits per heavy atom. The summed E-state index contributed by atoms with van der Waals surface area (Å²) in [5.74, 6) is 0.286. The fourth-order valence-corrected chi connectivity index (χ4v) is 2.84. The minimum absolute atomic E-state index is 0.0468. The molecule has 2 heterocycles. The molecule has 0 aliphatic carbocycles. The van der Waals surface area contributed by atoms with Crippen LogP contribution in [-0.4, -0.2) is 15.9 Å². The van der Waals surface area contributed by atoms with Crippen LogP contribution in [0.15, 0.2) is 24.5 Å². The fraction of sp³-hybridized carbons (Fsp3) is 0.400. The second-order valence-corrected chi connectivity index (χ2v) is 6.13. The van der Waals surface area contributed by atoms with E-state index in [-0.39, 0.29) is 11.9 Å². The van der Waals surface area contributed by atoms with Gasteiger partial charge in [0.25, 0.3) is 5.91 Å². The lowest BCUT2D eigenvalue weighted by Crippen LogP contribution is -2.26. The molecule has 1 amide bonds. The Hall–Kier alpha value is -1.75. The quantitative estimate of drug-likeness (QED) is 0.937. The smallest absolute Gasteiger partial charge is 0.263 e. The van der Waals surface area contributed by atoms with Gasteiger partial charge in [0, 0.05) is 18.3 Å². The van der Waals surface area contributed by atoms with Gasteiger partial charge in [-0.15, -0.1) is 11.3 Å². The number of amides is 1. The Labute approximate surface area is 123 Å². The normalized spacial score (nSPS) is 12.4. The van der Waals surface area contributed by atoms with Gasteiger partial charge in [-0.25, -0.2) is 4.98 Å². The van der Waals surface area contributed by atoms with Crippen LogP contribution in [0.4, 0.5) is 0 Å². The van der Waals surface area contributed by atoms with Gasteiger partial charge in [-0.2, -0.15) is 0 Å². The average molecular weight is 289 g/mol. The summed E-state index contributed by atoms with van der Waals surface area (Å²) < 4.78 is 0. The number of pyridine rings is 1. The lowest BCUT2D eigenvalue weighted by molar-refractivity contribution is 0.0943. The Bertz CT molecular complexity index is 592. The fourth-order valence-electron chi connectivity index (χ4n) is 1.87. The van der Waals surface area contributed by atoms with Gasteiger partial charge in [0.2, 0.25) is 0 Å². The zero-order chi connectivity index (χ0) is 14.7. The molecule has 0 bridgehead atoms. The highest BCUT2D eigenvalue weighted by molar-refractivity contribution is 7.13. The number of aryl methyl sites for hydroxylation is 1. The van der Waals surface area contributed by atoms with Crippen LogP contribution in [0.3, 0.4) is 0 Å². The summed E-state index contributed by atoms with van der Waals surface area (Å²) in [5.41, 5.74) is 1.85. The maximum atomic E-state index is 12.3. The largest absolute Gasteiger partial charge is 0.345 e. The maximum Gasteiger partial charge on any atom is 0.263 e. The highest BCUT2D eigenvalue weighted by Crippen LogP contribution is 2.25. The standard InChI is InChI=1S/C15H19N3OS/c1-9(2)15-18-11(4)13(20-15)14(19)17-10(3)12-5-7-16-8-6-12/h5-10H,1-4H3,(H,17,19)/t10-/m1/s1. The molecule has 4 nitrogen and oxygen atoms in total. The van der Waals surface area contributed by atoms with Crippen molar-refractivity contribution >= 4 is 17.2 Å². The third-order valence-corrected chi connectivity index (χ3v) is 4.52. The van der Waals surface area contributed by atoms with Crippen LogP contribution in [0.5, 0.6) is 0 Å². The number of nitrogens with zero attached hydrogens (tertiary/aromatic N) is 2. The first-order chi connectivity index (χ1) is 9.49. The van der Waals surface area contributed by atoms with E-state index in [0.29, 0.717) is 10.8 Å². The van der Waals surface area contributed by atoms with Crippen molar-refractivity contribution in [1.82, 2.24) is 15.3 Å². The van der Waals surface area contributed by atoms with Crippen molar-refractivity contribution in [2.24, 2.45) is 0 Å². The number of aromatic nitrogens is 2. The predicted octanol–water partition coefficient (Wildman–Crippen LogP) is 3.46. The number of rotatable bonds is 4. The number of nitrogens with one attached hydrogen (secondary N) is 1. The van der Waals surface area contributed by atoms with Crippen LogP contribution in [0.25, 0.3) is 0 Å². The molecular formula is C15H19N3OS. The van der Waals surface area contributed by atoms with Gasteiger partial charge in [0.05, 0.1) is 16.7 Å². The summed E-state index contributed by atoms with van der Waals surface area (Å²) in [4.78, 5) is 21.5. The number of hydrogen-bond acceptors (Lipinski definition) is 4. The number of hydrogen-bond donors (Lipinski definition) is 1. The molecule has 106 valence electrons. The van der Waals surface area contributed by atoms with Gasteiger partial charge in [-0.3, -0.25) is 9.78 Å². The van der Waals surface area contributed by atoms with E-state index < -0.39 is 0 Å². The molecule has 0 saturated carbocycles. The van der Waals surface area contributed by atoms with E-state index >= 15 is 0 Å². The molecule has 2 rings (SSSR count). The van der Waals surface area contributed by atoms with Gasteiger partial charge in [-0.05, 0) is 31.5 Å². The van der Waals surface area contributed by atoms with E-state index in [0.717, 1.165) is 16.3 Å². The molecule has 0 aromatic carbocycles. The Morgan fingerprint density at radius 1 is 1.25 bits per heavy atom. The van der Waals surface area contributed by atoms with Gasteiger partial charge in [0.1, 0.15) is 4.88 Å². The van der Waals surface area contributed by atoms with E-state index in [4.69, 9.17) is 0 Å². The van der Waals surface area contributed by atoms with Gasteiger partial charge in [-0.1, -0.05) is 13.8 Å². The van der Waals surface area contributed by atoms with Gasteiger partial charge in [0.15, 0.2) is 0 Å². The third-order valence-electron chi connectivity index (χ3n) is 3.07. The first kappa shape index (κ1) is 14.7. The first-order valence-electron chi connectivity index (χ1n) is 6.67. The second kappa shape index (κ2) is 6.13. The van der Waals surface area contributed by atoms with E-state index in [1.165, 1.54) is 11.3 Å². The monoisotopic (exact) mass is 289 g/mol. The molecule has 0 aliphatic rings. The van der Waals surface area contributed by atoms with Crippen molar-refractivity contribution in [3.63, 3.8) is 0 Å². The van der Waals surface area contributed by atoms with Crippen LogP contribution in [0, 0.1) is 6.92 Å². The Kier molecular flexibility index (Phi) is 4.49. The summed E-state index contributed by atoms with van der Waals surface area (Å²) in [6, 6.07) is 3.77. The number of carbonyl (C=O) groups is 1. The second-order valence-electron chi connectivity index (χ2n) is 5.10. The molecule has 2 aromatic heterocycles. The molecular weight excluding hydrogens is 270 g/mol. The Balaban J connectivity index is 2.12. The SMILES string of the molecule is Cc1nc(C(C)C)sc1C(=O)N[C@H](C)c1ccncc1. The van der Waals surface area contributed by atoms with Crippen molar-refractivity contribution in [2.75, 3.05) is 0 Å².